The molecule has 1 aliphatic heterocycles. The maximum atomic E-state index is 12.7. The number of aryl methyl sites for hydroxylation is 1. The molecule has 6 nitrogen and oxygen atoms in total. The van der Waals surface area contributed by atoms with Crippen molar-refractivity contribution in [2.75, 3.05) is 18.4 Å². The van der Waals surface area contributed by atoms with Crippen LogP contribution in [0.25, 0.3) is 10.6 Å². The highest BCUT2D eigenvalue weighted by Crippen LogP contribution is 2.31. The second kappa shape index (κ2) is 7.65. The van der Waals surface area contributed by atoms with Gasteiger partial charge in [-0.2, -0.15) is 5.10 Å². The van der Waals surface area contributed by atoms with Crippen molar-refractivity contribution in [3.63, 3.8) is 0 Å². The predicted octanol–water partition coefficient (Wildman–Crippen LogP) is 2.97. The van der Waals surface area contributed by atoms with Gasteiger partial charge in [0.05, 0.1) is 22.7 Å². The Morgan fingerprint density at radius 2 is 2.28 bits per heavy atom. The summed E-state index contributed by atoms with van der Waals surface area (Å²) in [7, 11) is 1.89. The lowest BCUT2D eigenvalue weighted by Gasteiger charge is -2.15. The van der Waals surface area contributed by atoms with Crippen molar-refractivity contribution in [1.82, 2.24) is 20.1 Å². The van der Waals surface area contributed by atoms with Gasteiger partial charge in [0.15, 0.2) is 5.13 Å². The third-order valence-electron chi connectivity index (χ3n) is 4.21. The van der Waals surface area contributed by atoms with Crippen molar-refractivity contribution >= 4 is 46.1 Å². The lowest BCUT2D eigenvalue weighted by Crippen LogP contribution is -2.27. The van der Waals surface area contributed by atoms with Gasteiger partial charge in [-0.25, -0.2) is 4.98 Å². The number of carbonyl (C=O) groups excluding carboxylic acids is 1. The number of hydrogen-bond acceptors (Lipinski definition) is 6. The number of rotatable bonds is 4. The van der Waals surface area contributed by atoms with Crippen molar-refractivity contribution in [2.45, 2.75) is 5.92 Å². The van der Waals surface area contributed by atoms with Crippen LogP contribution in [-0.2, 0) is 11.8 Å². The molecule has 1 fully saturated rings. The van der Waals surface area contributed by atoms with Crippen LogP contribution in [0.1, 0.15) is 11.5 Å². The van der Waals surface area contributed by atoms with E-state index in [-0.39, 0.29) is 30.2 Å². The van der Waals surface area contributed by atoms with E-state index >= 15 is 0 Å². The second-order valence-corrected chi connectivity index (χ2v) is 7.63. The van der Waals surface area contributed by atoms with Crippen LogP contribution >= 0.6 is 35.1 Å². The van der Waals surface area contributed by atoms with Gasteiger partial charge in [0.2, 0.25) is 5.91 Å². The first kappa shape index (κ1) is 18.1. The van der Waals surface area contributed by atoms with E-state index in [1.807, 2.05) is 42.3 Å². The Kier molecular flexibility index (Phi) is 5.53. The van der Waals surface area contributed by atoms with Crippen LogP contribution in [0, 0.1) is 5.92 Å². The van der Waals surface area contributed by atoms with Gasteiger partial charge >= 0.3 is 0 Å². The molecule has 132 valence electrons. The monoisotopic (exact) mass is 395 g/mol. The highest BCUT2D eigenvalue weighted by Gasteiger charge is 2.35. The van der Waals surface area contributed by atoms with Crippen molar-refractivity contribution in [1.29, 1.82) is 0 Å². The van der Waals surface area contributed by atoms with E-state index in [0.29, 0.717) is 11.7 Å². The van der Waals surface area contributed by atoms with Gasteiger partial charge in [0, 0.05) is 37.6 Å². The largest absolute Gasteiger partial charge is 0.315 e. The molecule has 1 aliphatic rings. The summed E-state index contributed by atoms with van der Waals surface area (Å²) in [5, 5.41) is 15.2. The maximum Gasteiger partial charge on any atom is 0.231 e. The number of aromatic nitrogens is 3. The highest BCUT2D eigenvalue weighted by molar-refractivity contribution is 7.16. The fourth-order valence-corrected chi connectivity index (χ4v) is 4.48. The number of nitrogens with zero attached hydrogens (tertiary/aromatic N) is 3. The summed E-state index contributed by atoms with van der Waals surface area (Å²) in [6.45, 7) is 1.47. The Morgan fingerprint density at radius 1 is 1.40 bits per heavy atom. The highest BCUT2D eigenvalue weighted by atomic mass is 35.5. The smallest absolute Gasteiger partial charge is 0.231 e. The van der Waals surface area contributed by atoms with Gasteiger partial charge in [-0.3, -0.25) is 9.48 Å². The summed E-state index contributed by atoms with van der Waals surface area (Å²) in [5.41, 5.74) is 2.01. The molecule has 4 heterocycles. The zero-order valence-corrected chi connectivity index (χ0v) is 16.0. The molecule has 0 aliphatic carbocycles. The fraction of sp³-hybridized carbons (Fsp3) is 0.312. The Hall–Kier alpha value is -1.74. The molecule has 0 unspecified atom stereocenters. The fourth-order valence-electron chi connectivity index (χ4n) is 3.00. The van der Waals surface area contributed by atoms with Crippen LogP contribution in [0.4, 0.5) is 5.13 Å². The third-order valence-corrected chi connectivity index (χ3v) is 5.86. The standard InChI is InChI=1S/C16H17N5OS2.ClH/c1-21-8-10(5-18-21)11-6-17-7-12(11)15(22)20-16-19-13(9-24-16)14-3-2-4-23-14;/h2-5,8-9,11-12,17H,6-7H2,1H3,(H,19,20,22);1H/t11-,12+;/m1./s1. The van der Waals surface area contributed by atoms with Crippen LogP contribution in [0.2, 0.25) is 0 Å². The first-order valence-corrected chi connectivity index (χ1v) is 9.46. The predicted molar refractivity (Wildman–Crippen MR) is 104 cm³/mol. The van der Waals surface area contributed by atoms with Crippen LogP contribution in [0.15, 0.2) is 35.3 Å². The molecule has 0 spiro atoms. The molecular formula is C16H18ClN5OS2. The number of nitrogens with one attached hydrogen (secondary N) is 2. The SMILES string of the molecule is Cl.Cn1cc([C@H]2CNC[C@@H]2C(=O)Nc2nc(-c3cccs3)cs2)cn1. The summed E-state index contributed by atoms with van der Waals surface area (Å²) < 4.78 is 1.77. The van der Waals surface area contributed by atoms with E-state index in [2.05, 4.69) is 20.7 Å². The first-order valence-electron chi connectivity index (χ1n) is 7.70. The second-order valence-electron chi connectivity index (χ2n) is 5.82. The number of carbonyl (C=O) groups is 1. The Bertz CT molecular complexity index is 844. The molecule has 2 atom stereocenters. The summed E-state index contributed by atoms with van der Waals surface area (Å²) in [5.74, 6) is 0.0552. The van der Waals surface area contributed by atoms with Gasteiger partial charge in [-0.15, -0.1) is 35.1 Å². The van der Waals surface area contributed by atoms with Gasteiger partial charge in [0.1, 0.15) is 0 Å². The van der Waals surface area contributed by atoms with E-state index < -0.39 is 0 Å². The Balaban J connectivity index is 0.00000182. The molecule has 0 saturated carbocycles. The lowest BCUT2D eigenvalue weighted by atomic mass is 9.90. The van der Waals surface area contributed by atoms with Crippen molar-refractivity contribution in [3.05, 3.63) is 40.8 Å². The zero-order chi connectivity index (χ0) is 16.5. The molecule has 25 heavy (non-hydrogen) atoms. The number of anilines is 1. The van der Waals surface area contributed by atoms with E-state index in [1.165, 1.54) is 11.3 Å². The number of thiophene rings is 1. The topological polar surface area (TPSA) is 71.8 Å². The molecule has 3 aromatic heterocycles. The minimum Gasteiger partial charge on any atom is -0.315 e. The van der Waals surface area contributed by atoms with Gasteiger partial charge in [-0.05, 0) is 17.0 Å². The number of halogens is 1. The van der Waals surface area contributed by atoms with Crippen LogP contribution in [0.5, 0.6) is 0 Å². The molecule has 1 amide bonds. The van der Waals surface area contributed by atoms with Crippen LogP contribution < -0.4 is 10.6 Å². The molecule has 9 heteroatoms. The molecule has 4 rings (SSSR count). The number of hydrogen-bond donors (Lipinski definition) is 2. The van der Waals surface area contributed by atoms with E-state index in [1.54, 1.807) is 16.0 Å². The normalized spacial score (nSPS) is 19.6. The number of amides is 1. The van der Waals surface area contributed by atoms with Crippen molar-refractivity contribution in [3.8, 4) is 10.6 Å². The Morgan fingerprint density at radius 3 is 3.00 bits per heavy atom. The summed E-state index contributed by atoms with van der Waals surface area (Å²) in [6.07, 6.45) is 3.83. The van der Waals surface area contributed by atoms with E-state index in [0.717, 1.165) is 22.7 Å². The lowest BCUT2D eigenvalue weighted by molar-refractivity contribution is -0.119. The summed E-state index contributed by atoms with van der Waals surface area (Å²) in [4.78, 5) is 18.3. The summed E-state index contributed by atoms with van der Waals surface area (Å²) >= 11 is 3.11. The number of thiazole rings is 1. The maximum absolute atomic E-state index is 12.7. The molecule has 2 N–H and O–H groups in total. The average molecular weight is 396 g/mol. The molecule has 0 radical (unpaired) electrons. The van der Waals surface area contributed by atoms with E-state index in [4.69, 9.17) is 0 Å². The van der Waals surface area contributed by atoms with Crippen molar-refractivity contribution in [2.24, 2.45) is 13.0 Å². The first-order chi connectivity index (χ1) is 11.7. The van der Waals surface area contributed by atoms with Crippen LogP contribution in [-0.4, -0.2) is 33.8 Å². The molecule has 1 saturated heterocycles. The minimum absolute atomic E-state index is 0. The zero-order valence-electron chi connectivity index (χ0n) is 13.5. The molecule has 3 aromatic rings. The quantitative estimate of drug-likeness (QED) is 0.712. The summed E-state index contributed by atoms with van der Waals surface area (Å²) in [6, 6.07) is 4.03. The molecular weight excluding hydrogens is 378 g/mol. The molecule has 0 aromatic carbocycles. The minimum atomic E-state index is -0.108. The average Bonchev–Trinajstić information content (AvgIpc) is 3.34. The van der Waals surface area contributed by atoms with Crippen LogP contribution in [0.3, 0.4) is 0 Å². The van der Waals surface area contributed by atoms with Crippen molar-refractivity contribution < 1.29 is 4.79 Å². The van der Waals surface area contributed by atoms with E-state index in [9.17, 15) is 4.79 Å². The van der Waals surface area contributed by atoms with Gasteiger partial charge in [0.25, 0.3) is 0 Å². The third kappa shape index (κ3) is 3.77. The molecule has 0 bridgehead atoms. The van der Waals surface area contributed by atoms with Gasteiger partial charge in [-0.1, -0.05) is 6.07 Å². The Labute approximate surface area is 159 Å². The van der Waals surface area contributed by atoms with Gasteiger partial charge < -0.3 is 10.6 Å².